The van der Waals surface area contributed by atoms with Gasteiger partial charge in [-0.25, -0.2) is 0 Å². The van der Waals surface area contributed by atoms with E-state index in [1.54, 1.807) is 0 Å². The van der Waals surface area contributed by atoms with Crippen molar-refractivity contribution in [2.45, 2.75) is 13.8 Å². The van der Waals surface area contributed by atoms with Gasteiger partial charge in [0.2, 0.25) is 0 Å². The van der Waals surface area contributed by atoms with E-state index in [2.05, 4.69) is 0 Å². The summed E-state index contributed by atoms with van der Waals surface area (Å²) >= 11 is 0. The highest BCUT2D eigenvalue weighted by Crippen LogP contribution is 2.64. The second-order valence-corrected chi connectivity index (χ2v) is 7.44. The second-order valence-electron chi connectivity index (χ2n) is 2.81. The molecule has 84 valence electrons. The zero-order valence-electron chi connectivity index (χ0n) is 8.97. The molecule has 0 spiro atoms. The monoisotopic (exact) mass is 246 g/mol. The van der Waals surface area contributed by atoms with Gasteiger partial charge in [-0.3, -0.25) is 4.57 Å². The van der Waals surface area contributed by atoms with Gasteiger partial charge in [0.1, 0.15) is 0 Å². The van der Waals surface area contributed by atoms with Crippen molar-refractivity contribution in [3.05, 3.63) is 30.3 Å². The Morgan fingerprint density at radius 3 is 2.13 bits per heavy atom. The predicted octanol–water partition coefficient (Wildman–Crippen LogP) is 3.17. The molecule has 15 heavy (non-hydrogen) atoms. The van der Waals surface area contributed by atoms with Crippen molar-refractivity contribution in [3.63, 3.8) is 0 Å². The van der Waals surface area contributed by atoms with Gasteiger partial charge < -0.3 is 9.05 Å². The molecule has 0 aliphatic rings. The third-order valence-electron chi connectivity index (χ3n) is 1.64. The van der Waals surface area contributed by atoms with Gasteiger partial charge in [-0.15, -0.1) is 0 Å². The predicted molar refractivity (Wildman–Crippen MR) is 65.2 cm³/mol. The van der Waals surface area contributed by atoms with Crippen LogP contribution in [0.3, 0.4) is 0 Å². The number of benzene rings is 1. The first-order valence-electron chi connectivity index (χ1n) is 4.92. The molecular formula is C10H16O3P2. The maximum atomic E-state index is 12.2. The van der Waals surface area contributed by atoms with Crippen LogP contribution in [0.4, 0.5) is 0 Å². The summed E-state index contributed by atoms with van der Waals surface area (Å²) < 4.78 is 22.6. The number of hydrogen-bond donors (Lipinski definition) is 0. The second kappa shape index (κ2) is 6.40. The Hall–Kier alpha value is -0.200. The van der Waals surface area contributed by atoms with Crippen LogP contribution in [0.25, 0.3) is 0 Å². The molecule has 0 heterocycles. The van der Waals surface area contributed by atoms with Gasteiger partial charge in [-0.1, -0.05) is 30.3 Å². The van der Waals surface area contributed by atoms with E-state index in [1.807, 2.05) is 44.2 Å². The smallest absolute Gasteiger partial charge is 0.306 e. The van der Waals surface area contributed by atoms with Crippen LogP contribution in [0.15, 0.2) is 30.3 Å². The van der Waals surface area contributed by atoms with Crippen LogP contribution in [-0.4, -0.2) is 13.2 Å². The van der Waals surface area contributed by atoms with Crippen LogP contribution >= 0.6 is 15.6 Å². The Kier molecular flexibility index (Phi) is 5.49. The fourth-order valence-electron chi connectivity index (χ4n) is 1.11. The van der Waals surface area contributed by atoms with E-state index in [9.17, 15) is 4.57 Å². The standard InChI is InChI=1S/C10H16O3P2/c1-3-12-15(11,13-4-2)14-10-8-6-5-7-9-10/h5-9,14H,3-4H2,1-2H3. The first-order chi connectivity index (χ1) is 7.20. The molecule has 0 radical (unpaired) electrons. The van der Waals surface area contributed by atoms with Crippen LogP contribution in [0.1, 0.15) is 13.8 Å². The van der Waals surface area contributed by atoms with Gasteiger partial charge >= 0.3 is 7.28 Å². The van der Waals surface area contributed by atoms with E-state index in [1.165, 1.54) is 0 Å². The van der Waals surface area contributed by atoms with Gasteiger partial charge in [-0.05, 0) is 19.2 Å². The number of rotatable bonds is 6. The molecule has 0 amide bonds. The summed E-state index contributed by atoms with van der Waals surface area (Å²) in [5.74, 6) is 0. The van der Waals surface area contributed by atoms with E-state index in [0.717, 1.165) is 5.30 Å². The molecule has 0 fully saturated rings. The molecule has 0 saturated heterocycles. The highest BCUT2D eigenvalue weighted by atomic mass is 32.1. The van der Waals surface area contributed by atoms with E-state index >= 15 is 0 Å². The minimum Gasteiger partial charge on any atom is -0.306 e. The van der Waals surface area contributed by atoms with Crippen molar-refractivity contribution < 1.29 is 13.6 Å². The average molecular weight is 246 g/mol. The molecule has 1 aromatic rings. The molecule has 1 rings (SSSR count). The summed E-state index contributed by atoms with van der Waals surface area (Å²) in [6.45, 7) is 4.47. The largest absolute Gasteiger partial charge is 0.350 e. The van der Waals surface area contributed by atoms with Crippen molar-refractivity contribution in [1.82, 2.24) is 0 Å². The summed E-state index contributed by atoms with van der Waals surface area (Å²) in [5.41, 5.74) is 0. The molecule has 0 aliphatic heterocycles. The van der Waals surface area contributed by atoms with E-state index in [4.69, 9.17) is 9.05 Å². The van der Waals surface area contributed by atoms with Crippen molar-refractivity contribution in [1.29, 1.82) is 0 Å². The lowest BCUT2D eigenvalue weighted by Gasteiger charge is -2.16. The van der Waals surface area contributed by atoms with E-state index in [0.29, 0.717) is 13.2 Å². The molecule has 0 bridgehead atoms. The summed E-state index contributed by atoms with van der Waals surface area (Å²) in [4.78, 5) is 0. The fraction of sp³-hybridized carbons (Fsp3) is 0.400. The minimum absolute atomic E-state index is 0.0733. The summed E-state index contributed by atoms with van der Waals surface area (Å²) in [6.07, 6.45) is 0. The fourth-order valence-corrected chi connectivity index (χ4v) is 5.21. The van der Waals surface area contributed by atoms with Crippen LogP contribution < -0.4 is 5.30 Å². The van der Waals surface area contributed by atoms with Crippen LogP contribution in [0.5, 0.6) is 0 Å². The summed E-state index contributed by atoms with van der Waals surface area (Å²) in [5, 5.41) is 1.00. The van der Waals surface area contributed by atoms with Gasteiger partial charge in [0.25, 0.3) is 0 Å². The molecule has 1 aromatic carbocycles. The normalized spacial score (nSPS) is 12.4. The van der Waals surface area contributed by atoms with Crippen molar-refractivity contribution in [2.75, 3.05) is 13.2 Å². The molecule has 3 nitrogen and oxygen atoms in total. The van der Waals surface area contributed by atoms with Gasteiger partial charge in [0.05, 0.1) is 13.2 Å². The molecule has 0 aliphatic carbocycles. The maximum Gasteiger partial charge on any atom is 0.350 e. The average Bonchev–Trinajstić information content (AvgIpc) is 2.19. The molecule has 1 atom stereocenters. The SMILES string of the molecule is CCOP(=O)(OCC)Pc1ccccc1. The van der Waals surface area contributed by atoms with Crippen molar-refractivity contribution in [2.24, 2.45) is 0 Å². The molecule has 5 heteroatoms. The number of hydrogen-bond acceptors (Lipinski definition) is 3. The van der Waals surface area contributed by atoms with Gasteiger partial charge in [0, 0.05) is 8.27 Å². The molecular weight excluding hydrogens is 230 g/mol. The van der Waals surface area contributed by atoms with Gasteiger partial charge in [0.15, 0.2) is 0 Å². The zero-order chi connectivity index (χ0) is 11.1. The Morgan fingerprint density at radius 1 is 1.13 bits per heavy atom. The van der Waals surface area contributed by atoms with E-state index < -0.39 is 7.28 Å². The summed E-state index contributed by atoms with van der Waals surface area (Å²) in [7, 11) is -2.84. The molecule has 0 aromatic heterocycles. The lowest BCUT2D eigenvalue weighted by atomic mass is 10.4. The molecule has 1 unspecified atom stereocenters. The third kappa shape index (κ3) is 4.44. The zero-order valence-corrected chi connectivity index (χ0v) is 10.9. The first kappa shape index (κ1) is 12.9. The van der Waals surface area contributed by atoms with Gasteiger partial charge in [-0.2, -0.15) is 0 Å². The van der Waals surface area contributed by atoms with Crippen LogP contribution in [0.2, 0.25) is 0 Å². The maximum absolute atomic E-state index is 12.2. The highest BCUT2D eigenvalue weighted by Gasteiger charge is 2.23. The van der Waals surface area contributed by atoms with Crippen LogP contribution in [-0.2, 0) is 13.6 Å². The van der Waals surface area contributed by atoms with Crippen LogP contribution in [0, 0.1) is 0 Å². The third-order valence-corrected chi connectivity index (χ3v) is 6.07. The Morgan fingerprint density at radius 2 is 1.67 bits per heavy atom. The Bertz CT molecular complexity index is 317. The first-order valence-corrected chi connectivity index (χ1v) is 8.31. The minimum atomic E-state index is -2.91. The Balaban J connectivity index is 2.71. The van der Waals surface area contributed by atoms with Crippen molar-refractivity contribution >= 4 is 20.9 Å². The van der Waals surface area contributed by atoms with Crippen molar-refractivity contribution in [3.8, 4) is 0 Å². The molecule has 0 N–H and O–H groups in total. The topological polar surface area (TPSA) is 35.5 Å². The lowest BCUT2D eigenvalue weighted by Crippen LogP contribution is -1.97. The summed E-state index contributed by atoms with van der Waals surface area (Å²) in [6, 6.07) is 9.64. The Labute approximate surface area is 92.4 Å². The highest BCUT2D eigenvalue weighted by molar-refractivity contribution is 8.23. The quantitative estimate of drug-likeness (QED) is 0.723. The van der Waals surface area contributed by atoms with E-state index in [-0.39, 0.29) is 8.27 Å². The lowest BCUT2D eigenvalue weighted by molar-refractivity contribution is 0.236. The molecule has 0 saturated carbocycles.